The minimum atomic E-state index is -0.627. The van der Waals surface area contributed by atoms with E-state index in [4.69, 9.17) is 11.6 Å². The first-order valence-electron chi connectivity index (χ1n) is 6.57. The van der Waals surface area contributed by atoms with E-state index in [2.05, 4.69) is 15.4 Å². The molecular weight excluding hydrogens is 304 g/mol. The van der Waals surface area contributed by atoms with E-state index in [-0.39, 0.29) is 5.91 Å². The summed E-state index contributed by atoms with van der Waals surface area (Å²) < 4.78 is 4.54. The summed E-state index contributed by atoms with van der Waals surface area (Å²) in [6.07, 6.45) is -0.627. The summed E-state index contributed by atoms with van der Waals surface area (Å²) in [7, 11) is 1.26. The Hall–Kier alpha value is -2.53. The molecule has 22 heavy (non-hydrogen) atoms. The molecule has 0 heterocycles. The van der Waals surface area contributed by atoms with Crippen molar-refractivity contribution in [3.63, 3.8) is 0 Å². The summed E-state index contributed by atoms with van der Waals surface area (Å²) in [4.78, 5) is 23.5. The number of carbonyl (C=O) groups is 2. The third-order valence-electron chi connectivity index (χ3n) is 2.96. The summed E-state index contributed by atoms with van der Waals surface area (Å²) in [5, 5.41) is 5.94. The first-order valence-corrected chi connectivity index (χ1v) is 6.94. The van der Waals surface area contributed by atoms with Crippen molar-refractivity contribution < 1.29 is 14.3 Å². The third-order valence-corrected chi connectivity index (χ3v) is 3.21. The number of ether oxygens (including phenoxy) is 1. The van der Waals surface area contributed by atoms with Crippen molar-refractivity contribution in [1.29, 1.82) is 0 Å². The predicted octanol–water partition coefficient (Wildman–Crippen LogP) is 3.45. The molecule has 0 saturated heterocycles. The third kappa shape index (κ3) is 4.23. The van der Waals surface area contributed by atoms with E-state index in [0.29, 0.717) is 22.8 Å². The van der Waals surface area contributed by atoms with Crippen LogP contribution in [0, 0.1) is 0 Å². The highest BCUT2D eigenvalue weighted by atomic mass is 35.5. The lowest BCUT2D eigenvalue weighted by atomic mass is 10.1. The Labute approximate surface area is 133 Å². The molecular formula is C16H15ClN2O3. The summed E-state index contributed by atoms with van der Waals surface area (Å²) >= 11 is 5.81. The lowest BCUT2D eigenvalue weighted by molar-refractivity contribution is 0.0952. The number of halogens is 1. The molecule has 0 aromatic heterocycles. The number of anilines is 1. The average molecular weight is 319 g/mol. The molecule has 2 amide bonds. The summed E-state index contributed by atoms with van der Waals surface area (Å²) in [5.41, 5.74) is 1.68. The van der Waals surface area contributed by atoms with Crippen molar-refractivity contribution in [3.8, 4) is 0 Å². The molecule has 0 aliphatic heterocycles. The second kappa shape index (κ2) is 7.47. The van der Waals surface area contributed by atoms with Crippen molar-refractivity contribution in [1.82, 2.24) is 5.32 Å². The number of methoxy groups -OCH3 is 1. The van der Waals surface area contributed by atoms with Gasteiger partial charge < -0.3 is 10.1 Å². The second-order valence-electron chi connectivity index (χ2n) is 4.47. The van der Waals surface area contributed by atoms with Crippen molar-refractivity contribution in [3.05, 3.63) is 64.7 Å². The van der Waals surface area contributed by atoms with Crippen LogP contribution in [0.25, 0.3) is 0 Å². The molecule has 6 heteroatoms. The fraction of sp³-hybridized carbons (Fsp3) is 0.125. The zero-order valence-corrected chi connectivity index (χ0v) is 12.7. The van der Waals surface area contributed by atoms with Gasteiger partial charge >= 0.3 is 6.09 Å². The first kappa shape index (κ1) is 15.9. The van der Waals surface area contributed by atoms with Crippen LogP contribution in [0.3, 0.4) is 0 Å². The van der Waals surface area contributed by atoms with Gasteiger partial charge in [0.2, 0.25) is 0 Å². The van der Waals surface area contributed by atoms with Crippen molar-refractivity contribution in [2.75, 3.05) is 12.4 Å². The number of hydrogen-bond donors (Lipinski definition) is 2. The average Bonchev–Trinajstić information content (AvgIpc) is 2.54. The SMILES string of the molecule is COC(=O)Nc1ccccc1C(=O)NCc1ccc(Cl)cc1. The smallest absolute Gasteiger partial charge is 0.411 e. The zero-order chi connectivity index (χ0) is 15.9. The van der Waals surface area contributed by atoms with E-state index in [1.807, 2.05) is 12.1 Å². The van der Waals surface area contributed by atoms with Crippen molar-refractivity contribution in [2.45, 2.75) is 6.54 Å². The predicted molar refractivity (Wildman–Crippen MR) is 85.1 cm³/mol. The fourth-order valence-electron chi connectivity index (χ4n) is 1.83. The normalized spacial score (nSPS) is 9.91. The molecule has 0 aliphatic carbocycles. The summed E-state index contributed by atoms with van der Waals surface area (Å²) in [5.74, 6) is -0.290. The Morgan fingerprint density at radius 1 is 1.09 bits per heavy atom. The largest absolute Gasteiger partial charge is 0.453 e. The van der Waals surface area contributed by atoms with Crippen LogP contribution in [-0.4, -0.2) is 19.1 Å². The molecule has 2 aromatic carbocycles. The van der Waals surface area contributed by atoms with Gasteiger partial charge in [-0.3, -0.25) is 10.1 Å². The van der Waals surface area contributed by atoms with Crippen molar-refractivity contribution >= 4 is 29.3 Å². The Bertz CT molecular complexity index is 671. The van der Waals surface area contributed by atoms with Gasteiger partial charge in [-0.2, -0.15) is 0 Å². The quantitative estimate of drug-likeness (QED) is 0.907. The standard InChI is InChI=1S/C16H15ClN2O3/c1-22-16(21)19-14-5-3-2-4-13(14)15(20)18-10-11-6-8-12(17)9-7-11/h2-9H,10H2,1H3,(H,18,20)(H,19,21). The van der Waals surface area contributed by atoms with Crippen LogP contribution >= 0.6 is 11.6 Å². The van der Waals surface area contributed by atoms with Crippen LogP contribution in [0.2, 0.25) is 5.02 Å². The molecule has 0 spiro atoms. The van der Waals surface area contributed by atoms with Gasteiger partial charge in [-0.15, -0.1) is 0 Å². The molecule has 0 bridgehead atoms. The molecule has 2 rings (SSSR count). The van der Waals surface area contributed by atoms with E-state index >= 15 is 0 Å². The van der Waals surface area contributed by atoms with Gasteiger partial charge in [0.15, 0.2) is 0 Å². The van der Waals surface area contributed by atoms with Gasteiger partial charge in [-0.25, -0.2) is 4.79 Å². The first-order chi connectivity index (χ1) is 10.6. The van der Waals surface area contributed by atoms with E-state index in [1.165, 1.54) is 7.11 Å². The van der Waals surface area contributed by atoms with Gasteiger partial charge in [0.05, 0.1) is 18.4 Å². The van der Waals surface area contributed by atoms with Gasteiger partial charge in [0.1, 0.15) is 0 Å². The topological polar surface area (TPSA) is 67.4 Å². The monoisotopic (exact) mass is 318 g/mol. The summed E-state index contributed by atoms with van der Waals surface area (Å²) in [6, 6.07) is 13.9. The molecule has 114 valence electrons. The molecule has 0 unspecified atom stereocenters. The Balaban J connectivity index is 2.06. The molecule has 2 N–H and O–H groups in total. The number of carbonyl (C=O) groups excluding carboxylic acids is 2. The maximum atomic E-state index is 12.2. The zero-order valence-electron chi connectivity index (χ0n) is 11.9. The van der Waals surface area contributed by atoms with E-state index in [1.54, 1.807) is 36.4 Å². The lowest BCUT2D eigenvalue weighted by Gasteiger charge is -2.10. The Kier molecular flexibility index (Phi) is 5.38. The van der Waals surface area contributed by atoms with Gasteiger partial charge in [0, 0.05) is 11.6 Å². The number of amides is 2. The molecule has 0 aliphatic rings. The number of nitrogens with one attached hydrogen (secondary N) is 2. The van der Waals surface area contributed by atoms with E-state index < -0.39 is 6.09 Å². The molecule has 0 radical (unpaired) electrons. The van der Waals surface area contributed by atoms with Crippen LogP contribution in [0.1, 0.15) is 15.9 Å². The highest BCUT2D eigenvalue weighted by molar-refractivity contribution is 6.30. The van der Waals surface area contributed by atoms with Crippen LogP contribution in [0.4, 0.5) is 10.5 Å². The molecule has 0 atom stereocenters. The number of hydrogen-bond acceptors (Lipinski definition) is 3. The molecule has 5 nitrogen and oxygen atoms in total. The van der Waals surface area contributed by atoms with Crippen LogP contribution < -0.4 is 10.6 Å². The van der Waals surface area contributed by atoms with Crippen molar-refractivity contribution in [2.24, 2.45) is 0 Å². The number of rotatable bonds is 4. The van der Waals surface area contributed by atoms with Crippen LogP contribution in [0.5, 0.6) is 0 Å². The minimum Gasteiger partial charge on any atom is -0.453 e. The lowest BCUT2D eigenvalue weighted by Crippen LogP contribution is -2.24. The Morgan fingerprint density at radius 3 is 2.45 bits per heavy atom. The van der Waals surface area contributed by atoms with Crippen LogP contribution in [-0.2, 0) is 11.3 Å². The highest BCUT2D eigenvalue weighted by Gasteiger charge is 2.12. The van der Waals surface area contributed by atoms with Gasteiger partial charge in [-0.1, -0.05) is 35.9 Å². The van der Waals surface area contributed by atoms with Crippen LogP contribution in [0.15, 0.2) is 48.5 Å². The van der Waals surface area contributed by atoms with E-state index in [9.17, 15) is 9.59 Å². The second-order valence-corrected chi connectivity index (χ2v) is 4.91. The van der Waals surface area contributed by atoms with Gasteiger partial charge in [0.25, 0.3) is 5.91 Å². The fourth-order valence-corrected chi connectivity index (χ4v) is 1.96. The molecule has 0 saturated carbocycles. The van der Waals surface area contributed by atoms with E-state index in [0.717, 1.165) is 5.56 Å². The number of benzene rings is 2. The van der Waals surface area contributed by atoms with Gasteiger partial charge in [-0.05, 0) is 29.8 Å². The Morgan fingerprint density at radius 2 is 1.77 bits per heavy atom. The maximum Gasteiger partial charge on any atom is 0.411 e. The highest BCUT2D eigenvalue weighted by Crippen LogP contribution is 2.15. The maximum absolute atomic E-state index is 12.2. The molecule has 2 aromatic rings. The summed E-state index contributed by atoms with van der Waals surface area (Å²) in [6.45, 7) is 0.364. The minimum absolute atomic E-state index is 0.290. The number of para-hydroxylation sites is 1. The molecule has 0 fully saturated rings.